The highest BCUT2D eigenvalue weighted by molar-refractivity contribution is 7.80. The molecule has 3 rings (SSSR count). The molecule has 0 aromatic rings. The lowest BCUT2D eigenvalue weighted by molar-refractivity contribution is -0.0580. The van der Waals surface area contributed by atoms with E-state index in [2.05, 4.69) is 9.80 Å². The van der Waals surface area contributed by atoms with E-state index in [9.17, 15) is 0 Å². The van der Waals surface area contributed by atoms with E-state index in [0.29, 0.717) is 25.5 Å². The van der Waals surface area contributed by atoms with Crippen LogP contribution in [0.5, 0.6) is 0 Å². The van der Waals surface area contributed by atoms with Gasteiger partial charge in [-0.15, -0.1) is 0 Å². The van der Waals surface area contributed by atoms with Crippen molar-refractivity contribution in [2.24, 2.45) is 0 Å². The average Bonchev–Trinajstić information content (AvgIpc) is 2.49. The number of thiocarbonyl (C=S) groups is 1. The molecule has 0 amide bonds. The quantitative estimate of drug-likeness (QED) is 0.720. The average molecular weight is 282 g/mol. The number of hydrogen-bond acceptors (Lipinski definition) is 2. The third-order valence-electron chi connectivity index (χ3n) is 4.98. The molecule has 0 unspecified atom stereocenters. The molecule has 0 atom stereocenters. The molecular formula is C15H26N2OS. The van der Waals surface area contributed by atoms with Crippen LogP contribution in [0.15, 0.2) is 0 Å². The second-order valence-electron chi connectivity index (χ2n) is 6.27. The molecule has 2 aliphatic carbocycles. The third-order valence-corrected chi connectivity index (χ3v) is 5.45. The molecule has 3 nitrogen and oxygen atoms in total. The molecular weight excluding hydrogens is 256 g/mol. The molecule has 1 heterocycles. The summed E-state index contributed by atoms with van der Waals surface area (Å²) in [7, 11) is 0. The van der Waals surface area contributed by atoms with Crippen molar-refractivity contribution in [1.29, 1.82) is 0 Å². The van der Waals surface area contributed by atoms with Crippen molar-refractivity contribution in [3.8, 4) is 0 Å². The second kappa shape index (κ2) is 6.40. The van der Waals surface area contributed by atoms with E-state index in [4.69, 9.17) is 17.0 Å². The normalized spacial score (nSPS) is 27.9. The summed E-state index contributed by atoms with van der Waals surface area (Å²) in [4.78, 5) is 4.74. The summed E-state index contributed by atoms with van der Waals surface area (Å²) in [5, 5.41) is 1.07. The van der Waals surface area contributed by atoms with Crippen LogP contribution in [-0.4, -0.2) is 40.5 Å². The molecule has 0 N–H and O–H groups in total. The Hall–Kier alpha value is -0.350. The second-order valence-corrected chi connectivity index (χ2v) is 6.63. The van der Waals surface area contributed by atoms with E-state index in [1.807, 2.05) is 0 Å². The Labute approximate surface area is 122 Å². The van der Waals surface area contributed by atoms with Gasteiger partial charge in [-0.2, -0.15) is 0 Å². The standard InChI is InChI=1S/C15H26N2OS/c19-15-16(13-7-3-1-4-8-13)11-18-12-17(15)14-9-5-2-6-10-14/h13-14H,1-12H2. The smallest absolute Gasteiger partial charge is 0.175 e. The lowest BCUT2D eigenvalue weighted by Gasteiger charge is -2.47. The fourth-order valence-electron chi connectivity index (χ4n) is 3.82. The van der Waals surface area contributed by atoms with Gasteiger partial charge in [-0.05, 0) is 37.9 Å². The predicted molar refractivity (Wildman–Crippen MR) is 80.8 cm³/mol. The number of nitrogens with zero attached hydrogens (tertiary/aromatic N) is 2. The fourth-order valence-corrected chi connectivity index (χ4v) is 4.23. The van der Waals surface area contributed by atoms with Gasteiger partial charge in [-0.1, -0.05) is 38.5 Å². The van der Waals surface area contributed by atoms with E-state index >= 15 is 0 Å². The first-order chi connectivity index (χ1) is 9.36. The molecule has 2 saturated carbocycles. The van der Waals surface area contributed by atoms with Gasteiger partial charge in [0.15, 0.2) is 5.11 Å². The molecule has 0 aromatic carbocycles. The van der Waals surface area contributed by atoms with Crippen molar-refractivity contribution in [1.82, 2.24) is 9.80 Å². The molecule has 1 aliphatic heterocycles. The summed E-state index contributed by atoms with van der Waals surface area (Å²) in [6, 6.07) is 1.26. The van der Waals surface area contributed by atoms with Crippen LogP contribution in [0.1, 0.15) is 64.2 Å². The van der Waals surface area contributed by atoms with E-state index in [1.54, 1.807) is 0 Å². The van der Waals surface area contributed by atoms with Gasteiger partial charge in [0.1, 0.15) is 13.5 Å². The monoisotopic (exact) mass is 282 g/mol. The van der Waals surface area contributed by atoms with Gasteiger partial charge < -0.3 is 14.5 Å². The number of hydrogen-bond donors (Lipinski definition) is 0. The van der Waals surface area contributed by atoms with Crippen molar-refractivity contribution in [2.45, 2.75) is 76.3 Å². The molecule has 0 aromatic heterocycles. The van der Waals surface area contributed by atoms with Crippen molar-refractivity contribution in [3.05, 3.63) is 0 Å². The number of rotatable bonds is 2. The van der Waals surface area contributed by atoms with Crippen molar-refractivity contribution >= 4 is 17.3 Å². The molecule has 0 spiro atoms. The summed E-state index contributed by atoms with van der Waals surface area (Å²) in [6.07, 6.45) is 13.4. The van der Waals surface area contributed by atoms with Crippen molar-refractivity contribution in [2.75, 3.05) is 13.5 Å². The minimum absolute atomic E-state index is 0.632. The van der Waals surface area contributed by atoms with Gasteiger partial charge in [0.25, 0.3) is 0 Å². The van der Waals surface area contributed by atoms with E-state index in [1.165, 1.54) is 64.2 Å². The van der Waals surface area contributed by atoms with Crippen molar-refractivity contribution in [3.63, 3.8) is 0 Å². The zero-order valence-corrected chi connectivity index (χ0v) is 12.7. The van der Waals surface area contributed by atoms with Gasteiger partial charge in [0.05, 0.1) is 0 Å². The summed E-state index contributed by atoms with van der Waals surface area (Å²) >= 11 is 5.78. The first-order valence-electron chi connectivity index (χ1n) is 8.01. The highest BCUT2D eigenvalue weighted by atomic mass is 32.1. The first kappa shape index (κ1) is 13.6. The first-order valence-corrected chi connectivity index (χ1v) is 8.42. The molecule has 3 aliphatic rings. The molecule has 0 radical (unpaired) electrons. The molecule has 4 heteroatoms. The van der Waals surface area contributed by atoms with Crippen molar-refractivity contribution < 1.29 is 4.74 Å². The molecule has 3 fully saturated rings. The van der Waals surface area contributed by atoms with Gasteiger partial charge in [-0.3, -0.25) is 0 Å². The Morgan fingerprint density at radius 1 is 0.737 bits per heavy atom. The lowest BCUT2D eigenvalue weighted by Crippen LogP contribution is -2.57. The molecule has 108 valence electrons. The largest absolute Gasteiger partial charge is 0.341 e. The predicted octanol–water partition coefficient (Wildman–Crippen LogP) is 3.49. The summed E-state index contributed by atoms with van der Waals surface area (Å²) < 4.78 is 5.84. The van der Waals surface area contributed by atoms with E-state index in [0.717, 1.165) is 5.11 Å². The van der Waals surface area contributed by atoms with Crippen LogP contribution in [0, 0.1) is 0 Å². The SMILES string of the molecule is S=C1N(C2CCCCC2)COCN1C1CCCCC1. The van der Waals surface area contributed by atoms with Crippen LogP contribution in [0.3, 0.4) is 0 Å². The lowest BCUT2D eigenvalue weighted by atomic mass is 9.93. The zero-order chi connectivity index (χ0) is 13.1. The highest BCUT2D eigenvalue weighted by Gasteiger charge is 2.33. The van der Waals surface area contributed by atoms with Crippen LogP contribution in [0.4, 0.5) is 0 Å². The molecule has 0 bridgehead atoms. The van der Waals surface area contributed by atoms with Crippen LogP contribution in [-0.2, 0) is 4.74 Å². The zero-order valence-electron chi connectivity index (χ0n) is 11.9. The van der Waals surface area contributed by atoms with Gasteiger partial charge >= 0.3 is 0 Å². The summed E-state index contributed by atoms with van der Waals surface area (Å²) in [6.45, 7) is 1.43. The Balaban J connectivity index is 1.64. The third kappa shape index (κ3) is 3.05. The summed E-state index contributed by atoms with van der Waals surface area (Å²) in [5.74, 6) is 0. The minimum atomic E-state index is 0.632. The maximum absolute atomic E-state index is 5.84. The molecule has 1 saturated heterocycles. The van der Waals surface area contributed by atoms with Gasteiger partial charge in [0.2, 0.25) is 0 Å². The summed E-state index contributed by atoms with van der Waals surface area (Å²) in [5.41, 5.74) is 0. The van der Waals surface area contributed by atoms with E-state index in [-0.39, 0.29) is 0 Å². The van der Waals surface area contributed by atoms with E-state index < -0.39 is 0 Å². The Morgan fingerprint density at radius 2 is 1.16 bits per heavy atom. The fraction of sp³-hybridized carbons (Fsp3) is 0.933. The van der Waals surface area contributed by atoms with Crippen LogP contribution < -0.4 is 0 Å². The maximum atomic E-state index is 5.84. The van der Waals surface area contributed by atoms with Crippen LogP contribution in [0.25, 0.3) is 0 Å². The van der Waals surface area contributed by atoms with Crippen LogP contribution in [0.2, 0.25) is 0 Å². The Kier molecular flexibility index (Phi) is 4.59. The Bertz CT molecular complexity index is 283. The van der Waals surface area contributed by atoms with Gasteiger partial charge in [0, 0.05) is 12.1 Å². The maximum Gasteiger partial charge on any atom is 0.175 e. The van der Waals surface area contributed by atoms with Crippen LogP contribution >= 0.6 is 12.2 Å². The number of ether oxygens (including phenoxy) is 1. The minimum Gasteiger partial charge on any atom is -0.341 e. The van der Waals surface area contributed by atoms with Gasteiger partial charge in [-0.25, -0.2) is 0 Å². The molecule has 19 heavy (non-hydrogen) atoms. The highest BCUT2D eigenvalue weighted by Crippen LogP contribution is 2.29. The topological polar surface area (TPSA) is 15.7 Å². The Morgan fingerprint density at radius 3 is 1.58 bits per heavy atom.